The number of nitrogens with zero attached hydrogens (tertiary/aromatic N) is 1. The average molecular weight is 553 g/mol. The number of nitrogens with one attached hydrogen (secondary N) is 1. The van der Waals surface area contributed by atoms with E-state index in [-0.39, 0.29) is 31.0 Å². The highest BCUT2D eigenvalue weighted by Crippen LogP contribution is 2.20. The second-order valence-electron chi connectivity index (χ2n) is 8.64. The molecule has 36 heavy (non-hydrogen) atoms. The van der Waals surface area contributed by atoms with Crippen molar-refractivity contribution in [3.05, 3.63) is 94.5 Å². The smallest absolute Gasteiger partial charge is 0.261 e. The first-order valence-corrected chi connectivity index (χ1v) is 12.8. The molecule has 6 nitrogen and oxygen atoms in total. The summed E-state index contributed by atoms with van der Waals surface area (Å²) < 4.78 is 11.9. The fraction of sp³-hybridized carbons (Fsp3) is 0.310. The van der Waals surface area contributed by atoms with Crippen molar-refractivity contribution in [2.24, 2.45) is 0 Å². The van der Waals surface area contributed by atoms with Crippen molar-refractivity contribution in [3.63, 3.8) is 0 Å². The molecule has 0 saturated carbocycles. The van der Waals surface area contributed by atoms with Crippen LogP contribution in [0.25, 0.3) is 0 Å². The topological polar surface area (TPSA) is 67.9 Å². The molecule has 0 aliphatic heterocycles. The zero-order valence-corrected chi connectivity index (χ0v) is 22.5. The Bertz CT molecular complexity index is 1100. The molecule has 3 aromatic carbocycles. The first kappa shape index (κ1) is 27.3. The maximum Gasteiger partial charge on any atom is 0.261 e. The number of halogens is 1. The average Bonchev–Trinajstić information content (AvgIpc) is 2.91. The van der Waals surface area contributed by atoms with Crippen LogP contribution in [0.5, 0.6) is 11.5 Å². The maximum atomic E-state index is 13.6. The third-order valence-electron chi connectivity index (χ3n) is 5.96. The van der Waals surface area contributed by atoms with Crippen LogP contribution in [-0.4, -0.2) is 42.5 Å². The van der Waals surface area contributed by atoms with Crippen molar-refractivity contribution in [1.29, 1.82) is 0 Å². The summed E-state index contributed by atoms with van der Waals surface area (Å²) in [4.78, 5) is 28.7. The quantitative estimate of drug-likeness (QED) is 0.327. The van der Waals surface area contributed by atoms with Crippen molar-refractivity contribution in [3.8, 4) is 11.5 Å². The Kier molecular flexibility index (Phi) is 10.4. The minimum Gasteiger partial charge on any atom is -0.497 e. The molecule has 0 unspecified atom stereocenters. The van der Waals surface area contributed by atoms with Crippen LogP contribution in [-0.2, 0) is 22.6 Å². The van der Waals surface area contributed by atoms with E-state index >= 15 is 0 Å². The van der Waals surface area contributed by atoms with Crippen LogP contribution < -0.4 is 14.8 Å². The summed E-state index contributed by atoms with van der Waals surface area (Å²) in [6, 6.07) is 23.9. The number of carbonyl (C=O) groups excluding carboxylic acids is 2. The van der Waals surface area contributed by atoms with Gasteiger partial charge in [-0.05, 0) is 60.9 Å². The Morgan fingerprint density at radius 3 is 2.17 bits per heavy atom. The molecule has 0 fully saturated rings. The predicted molar refractivity (Wildman–Crippen MR) is 145 cm³/mol. The van der Waals surface area contributed by atoms with E-state index in [1.54, 1.807) is 36.3 Å². The van der Waals surface area contributed by atoms with Crippen LogP contribution >= 0.6 is 15.9 Å². The van der Waals surface area contributed by atoms with Crippen molar-refractivity contribution < 1.29 is 19.1 Å². The standard InChI is InChI=1S/C29H33BrN2O4/c1-4-21(2)31-29(34)27(18-22-8-6-5-7-9-22)32(19-23-10-12-24(30)13-11-23)28(33)20-36-26-16-14-25(35-3)15-17-26/h5-17,21,27H,4,18-20H2,1-3H3,(H,31,34)/t21-,27-/m0/s1. The maximum absolute atomic E-state index is 13.6. The molecule has 190 valence electrons. The molecule has 1 N–H and O–H groups in total. The van der Waals surface area contributed by atoms with E-state index in [0.717, 1.165) is 22.0 Å². The third kappa shape index (κ3) is 8.12. The molecule has 3 aromatic rings. The largest absolute Gasteiger partial charge is 0.497 e. The van der Waals surface area contributed by atoms with Crippen LogP contribution in [0.4, 0.5) is 0 Å². The number of hydrogen-bond donors (Lipinski definition) is 1. The molecule has 0 saturated heterocycles. The number of carbonyl (C=O) groups is 2. The van der Waals surface area contributed by atoms with Crippen LogP contribution in [0.15, 0.2) is 83.3 Å². The summed E-state index contributed by atoms with van der Waals surface area (Å²) in [7, 11) is 1.59. The van der Waals surface area contributed by atoms with Crippen molar-refractivity contribution in [1.82, 2.24) is 10.2 Å². The molecule has 0 heterocycles. The van der Waals surface area contributed by atoms with Gasteiger partial charge in [0, 0.05) is 23.5 Å². The van der Waals surface area contributed by atoms with Crippen molar-refractivity contribution >= 4 is 27.7 Å². The lowest BCUT2D eigenvalue weighted by Crippen LogP contribution is -2.53. The SMILES string of the molecule is CC[C@H](C)NC(=O)[C@H](Cc1ccccc1)N(Cc1ccc(Br)cc1)C(=O)COc1ccc(OC)cc1. The van der Waals surface area contributed by atoms with Gasteiger partial charge in [-0.2, -0.15) is 0 Å². The normalized spacial score (nSPS) is 12.3. The summed E-state index contributed by atoms with van der Waals surface area (Å²) in [5, 5.41) is 3.07. The van der Waals surface area contributed by atoms with Crippen LogP contribution in [0.2, 0.25) is 0 Å². The number of ether oxygens (including phenoxy) is 2. The summed E-state index contributed by atoms with van der Waals surface area (Å²) in [5.41, 5.74) is 1.90. The first-order chi connectivity index (χ1) is 17.4. The Balaban J connectivity index is 1.88. The Hall–Kier alpha value is -3.32. The number of hydrogen-bond acceptors (Lipinski definition) is 4. The molecule has 0 spiro atoms. The lowest BCUT2D eigenvalue weighted by molar-refractivity contribution is -0.143. The highest BCUT2D eigenvalue weighted by molar-refractivity contribution is 9.10. The molecule has 2 amide bonds. The molecular weight excluding hydrogens is 520 g/mol. The zero-order chi connectivity index (χ0) is 25.9. The molecule has 0 aliphatic carbocycles. The summed E-state index contributed by atoms with van der Waals surface area (Å²) >= 11 is 3.46. The van der Waals surface area contributed by atoms with Gasteiger partial charge in [0.1, 0.15) is 17.5 Å². The minimum absolute atomic E-state index is 0.00375. The Morgan fingerprint density at radius 1 is 0.917 bits per heavy atom. The molecule has 2 atom stereocenters. The Labute approximate surface area is 221 Å². The second kappa shape index (κ2) is 13.7. The van der Waals surface area contributed by atoms with E-state index in [1.165, 1.54) is 0 Å². The number of amides is 2. The summed E-state index contributed by atoms with van der Waals surface area (Å²) in [6.45, 7) is 4.07. The Morgan fingerprint density at radius 2 is 1.56 bits per heavy atom. The highest BCUT2D eigenvalue weighted by atomic mass is 79.9. The fourth-order valence-corrected chi connectivity index (χ4v) is 3.95. The van der Waals surface area contributed by atoms with Gasteiger partial charge < -0.3 is 19.7 Å². The van der Waals surface area contributed by atoms with Gasteiger partial charge in [-0.15, -0.1) is 0 Å². The molecule has 0 aromatic heterocycles. The predicted octanol–water partition coefficient (Wildman–Crippen LogP) is 5.39. The van der Waals surface area contributed by atoms with E-state index in [1.807, 2.05) is 68.4 Å². The highest BCUT2D eigenvalue weighted by Gasteiger charge is 2.31. The van der Waals surface area contributed by atoms with E-state index < -0.39 is 6.04 Å². The van der Waals surface area contributed by atoms with Gasteiger partial charge in [0.15, 0.2) is 6.61 Å². The fourth-order valence-electron chi connectivity index (χ4n) is 3.68. The van der Waals surface area contributed by atoms with Gasteiger partial charge in [0.2, 0.25) is 5.91 Å². The molecule has 3 rings (SSSR count). The number of benzene rings is 3. The van der Waals surface area contributed by atoms with E-state index in [4.69, 9.17) is 9.47 Å². The minimum atomic E-state index is -0.697. The van der Waals surface area contributed by atoms with Crippen LogP contribution in [0, 0.1) is 0 Å². The second-order valence-corrected chi connectivity index (χ2v) is 9.55. The van der Waals surface area contributed by atoms with Gasteiger partial charge >= 0.3 is 0 Å². The van der Waals surface area contributed by atoms with Gasteiger partial charge in [0.05, 0.1) is 7.11 Å². The first-order valence-electron chi connectivity index (χ1n) is 12.0. The van der Waals surface area contributed by atoms with E-state index in [9.17, 15) is 9.59 Å². The van der Waals surface area contributed by atoms with Crippen LogP contribution in [0.3, 0.4) is 0 Å². The van der Waals surface area contributed by atoms with Gasteiger partial charge in [-0.3, -0.25) is 9.59 Å². The van der Waals surface area contributed by atoms with Gasteiger partial charge in [0.25, 0.3) is 5.91 Å². The molecule has 7 heteroatoms. The lowest BCUT2D eigenvalue weighted by atomic mass is 10.0. The summed E-state index contributed by atoms with van der Waals surface area (Å²) in [5.74, 6) is 0.809. The molecule has 0 radical (unpaired) electrons. The van der Waals surface area contributed by atoms with E-state index in [0.29, 0.717) is 17.9 Å². The molecule has 0 aliphatic rings. The molecular formula is C29H33BrN2O4. The monoisotopic (exact) mass is 552 g/mol. The molecule has 0 bridgehead atoms. The number of methoxy groups -OCH3 is 1. The van der Waals surface area contributed by atoms with Gasteiger partial charge in [-0.1, -0.05) is 65.3 Å². The summed E-state index contributed by atoms with van der Waals surface area (Å²) in [6.07, 6.45) is 1.19. The van der Waals surface area contributed by atoms with Crippen molar-refractivity contribution in [2.75, 3.05) is 13.7 Å². The van der Waals surface area contributed by atoms with Crippen molar-refractivity contribution in [2.45, 2.75) is 45.3 Å². The van der Waals surface area contributed by atoms with E-state index in [2.05, 4.69) is 21.2 Å². The van der Waals surface area contributed by atoms with Gasteiger partial charge in [-0.25, -0.2) is 0 Å². The lowest BCUT2D eigenvalue weighted by Gasteiger charge is -2.32. The third-order valence-corrected chi connectivity index (χ3v) is 6.49. The van der Waals surface area contributed by atoms with Crippen LogP contribution in [0.1, 0.15) is 31.4 Å². The number of rotatable bonds is 12. The zero-order valence-electron chi connectivity index (χ0n) is 20.9.